The molecule has 1 amide bonds. The molecule has 1 aromatic carbocycles. The van der Waals surface area contributed by atoms with E-state index in [1.54, 1.807) is 27.0 Å². The Morgan fingerprint density at radius 1 is 1.08 bits per heavy atom. The van der Waals surface area contributed by atoms with Crippen molar-refractivity contribution in [3.05, 3.63) is 52.5 Å². The van der Waals surface area contributed by atoms with Gasteiger partial charge in [-0.1, -0.05) is 11.3 Å². The summed E-state index contributed by atoms with van der Waals surface area (Å²) in [5.74, 6) is -2.64. The van der Waals surface area contributed by atoms with Crippen LogP contribution in [0.15, 0.2) is 18.3 Å². The van der Waals surface area contributed by atoms with Crippen LogP contribution in [-0.2, 0) is 31.8 Å². The predicted octanol–water partition coefficient (Wildman–Crippen LogP) is 8.24. The van der Waals surface area contributed by atoms with Crippen molar-refractivity contribution in [3.8, 4) is 16.3 Å². The molecule has 3 aromatic rings. The zero-order valence-corrected chi connectivity index (χ0v) is 31.9. The molecule has 0 radical (unpaired) electrons. The highest BCUT2D eigenvalue weighted by Gasteiger charge is 2.35. The Hall–Kier alpha value is -4.17. The minimum atomic E-state index is -0.987. The SMILES string of the molecule is COc1ccc(F)c(-c2nc(C(=O)Cc3cnc4c(c3N3CCC[C@H](CCOC(C)(C)C)C3)CCC4OC(C)=O)c(NC(=O)OC(C)(C)C)s2)c1F. The number of aromatic nitrogens is 2. The van der Waals surface area contributed by atoms with Gasteiger partial charge in [0.25, 0.3) is 0 Å². The Morgan fingerprint density at radius 2 is 1.83 bits per heavy atom. The number of piperidine rings is 1. The number of thiazole rings is 1. The van der Waals surface area contributed by atoms with E-state index in [1.165, 1.54) is 14.0 Å². The third-order valence-corrected chi connectivity index (χ3v) is 9.76. The van der Waals surface area contributed by atoms with Crippen molar-refractivity contribution in [2.45, 2.75) is 104 Å². The molecule has 52 heavy (non-hydrogen) atoms. The van der Waals surface area contributed by atoms with E-state index in [4.69, 9.17) is 23.9 Å². The van der Waals surface area contributed by atoms with E-state index in [-0.39, 0.29) is 33.5 Å². The van der Waals surface area contributed by atoms with Gasteiger partial charge in [0.15, 0.2) is 17.3 Å². The molecule has 5 rings (SSSR count). The van der Waals surface area contributed by atoms with E-state index in [2.05, 4.69) is 15.2 Å². The highest BCUT2D eigenvalue weighted by Crippen LogP contribution is 2.43. The van der Waals surface area contributed by atoms with Crippen molar-refractivity contribution >= 4 is 39.9 Å². The van der Waals surface area contributed by atoms with Crippen LogP contribution in [-0.4, -0.2) is 65.8 Å². The van der Waals surface area contributed by atoms with Gasteiger partial charge >= 0.3 is 12.1 Å². The number of hydrogen-bond donors (Lipinski definition) is 1. The van der Waals surface area contributed by atoms with Crippen molar-refractivity contribution in [1.82, 2.24) is 9.97 Å². The van der Waals surface area contributed by atoms with Crippen LogP contribution >= 0.6 is 11.3 Å². The summed E-state index contributed by atoms with van der Waals surface area (Å²) in [6.45, 7) is 14.7. The largest absolute Gasteiger partial charge is 0.494 e. The van der Waals surface area contributed by atoms with Crippen LogP contribution in [0.2, 0.25) is 0 Å². The number of ether oxygens (including phenoxy) is 4. The van der Waals surface area contributed by atoms with Crippen LogP contribution in [0, 0.1) is 17.6 Å². The molecule has 282 valence electrons. The number of benzene rings is 1. The van der Waals surface area contributed by atoms with Gasteiger partial charge in [-0.3, -0.25) is 19.9 Å². The van der Waals surface area contributed by atoms with Gasteiger partial charge < -0.3 is 23.8 Å². The number of pyridine rings is 1. The number of Topliss-reactive ketones (excluding diaryl/α,β-unsaturated/α-hetero) is 1. The lowest BCUT2D eigenvalue weighted by Gasteiger charge is -2.37. The maximum Gasteiger partial charge on any atom is 0.412 e. The number of nitrogens with zero attached hydrogens (tertiary/aromatic N) is 3. The van der Waals surface area contributed by atoms with Crippen LogP contribution in [0.5, 0.6) is 5.75 Å². The molecule has 0 saturated carbocycles. The fraction of sp³-hybridized carbons (Fsp3) is 0.553. The molecule has 0 bridgehead atoms. The number of halogens is 2. The Kier molecular flexibility index (Phi) is 11.9. The summed E-state index contributed by atoms with van der Waals surface area (Å²) in [6.07, 6.45) is 4.16. The minimum absolute atomic E-state index is 0.0154. The zero-order chi connectivity index (χ0) is 38.0. The zero-order valence-electron chi connectivity index (χ0n) is 31.1. The standard InChI is InChI=1S/C38H48F2N4O7S/c1-21(45)50-28-13-11-24-31(28)41-19-23(33(24)44-16-9-10-22(20-44)15-17-49-37(2,3)4)18-26(46)32-35(43-36(47)51-38(5,6)7)52-34(42-32)29-25(39)12-14-27(48-8)30(29)40/h12,14,19,22,28H,9-11,13,15-18,20H2,1-8H3,(H,43,47)/t22-,28?/m1/s1. The smallest absolute Gasteiger partial charge is 0.412 e. The Balaban J connectivity index is 1.53. The lowest BCUT2D eigenvalue weighted by Crippen LogP contribution is -2.37. The minimum Gasteiger partial charge on any atom is -0.494 e. The molecule has 11 nitrogen and oxygen atoms in total. The first-order valence-electron chi connectivity index (χ1n) is 17.6. The van der Waals surface area contributed by atoms with Gasteiger partial charge in [0, 0.05) is 56.1 Å². The van der Waals surface area contributed by atoms with E-state index in [9.17, 15) is 14.4 Å². The van der Waals surface area contributed by atoms with Crippen LogP contribution in [0.3, 0.4) is 0 Å². The molecule has 0 spiro atoms. The first kappa shape index (κ1) is 39.0. The summed E-state index contributed by atoms with van der Waals surface area (Å²) in [7, 11) is 1.26. The molecule has 1 saturated heterocycles. The summed E-state index contributed by atoms with van der Waals surface area (Å²) in [5, 5.41) is 2.41. The Bertz CT molecular complexity index is 1820. The molecule has 1 fully saturated rings. The van der Waals surface area contributed by atoms with E-state index in [0.29, 0.717) is 36.6 Å². The molecular weight excluding hydrogens is 695 g/mol. The maximum atomic E-state index is 15.4. The Labute approximate surface area is 307 Å². The number of hydrogen-bond acceptors (Lipinski definition) is 11. The fourth-order valence-corrected chi connectivity index (χ4v) is 7.66. The molecule has 1 unspecified atom stereocenters. The first-order chi connectivity index (χ1) is 24.4. The van der Waals surface area contributed by atoms with Crippen LogP contribution in [0.25, 0.3) is 10.6 Å². The molecular formula is C38H48F2N4O7S. The van der Waals surface area contributed by atoms with Crippen molar-refractivity contribution in [1.29, 1.82) is 0 Å². The van der Waals surface area contributed by atoms with Crippen LogP contribution in [0.4, 0.5) is 24.3 Å². The topological polar surface area (TPSA) is 129 Å². The molecule has 2 aromatic heterocycles. The second kappa shape index (κ2) is 15.8. The van der Waals surface area contributed by atoms with Crippen molar-refractivity contribution in [3.63, 3.8) is 0 Å². The van der Waals surface area contributed by atoms with Crippen molar-refractivity contribution in [2.24, 2.45) is 5.92 Å². The number of amides is 1. The average Bonchev–Trinajstić information content (AvgIpc) is 3.63. The number of rotatable bonds is 11. The molecule has 3 heterocycles. The lowest BCUT2D eigenvalue weighted by atomic mass is 9.92. The molecule has 2 aliphatic rings. The molecule has 1 N–H and O–H groups in total. The predicted molar refractivity (Wildman–Crippen MR) is 194 cm³/mol. The molecule has 1 aliphatic carbocycles. The third-order valence-electron chi connectivity index (χ3n) is 8.77. The monoisotopic (exact) mass is 742 g/mol. The first-order valence-corrected chi connectivity index (χ1v) is 18.4. The third kappa shape index (κ3) is 9.43. The van der Waals surface area contributed by atoms with Gasteiger partial charge in [0.05, 0.1) is 24.0 Å². The van der Waals surface area contributed by atoms with Gasteiger partial charge in [-0.2, -0.15) is 0 Å². The fourth-order valence-electron chi connectivity index (χ4n) is 6.65. The van der Waals surface area contributed by atoms with Gasteiger partial charge in [0.1, 0.15) is 33.2 Å². The summed E-state index contributed by atoms with van der Waals surface area (Å²) in [4.78, 5) is 50.5. The number of fused-ring (bicyclic) bond motifs is 1. The molecule has 14 heteroatoms. The van der Waals surface area contributed by atoms with Crippen molar-refractivity contribution < 1.29 is 42.1 Å². The Morgan fingerprint density at radius 3 is 2.50 bits per heavy atom. The number of esters is 1. The second-order valence-electron chi connectivity index (χ2n) is 15.2. The number of carbonyl (C=O) groups excluding carboxylic acids is 3. The number of carbonyl (C=O) groups is 3. The van der Waals surface area contributed by atoms with Crippen LogP contribution in [0.1, 0.15) is 108 Å². The summed E-state index contributed by atoms with van der Waals surface area (Å²) in [5.41, 5.74) is 1.35. The number of methoxy groups -OCH3 is 1. The van der Waals surface area contributed by atoms with Gasteiger partial charge in [0.2, 0.25) is 0 Å². The lowest BCUT2D eigenvalue weighted by molar-refractivity contribution is -0.146. The normalized spacial score (nSPS) is 17.5. The highest BCUT2D eigenvalue weighted by molar-refractivity contribution is 7.19. The quantitative estimate of drug-likeness (QED) is 0.152. The van der Waals surface area contributed by atoms with Gasteiger partial charge in [-0.25, -0.2) is 18.6 Å². The van der Waals surface area contributed by atoms with Crippen LogP contribution < -0.4 is 15.0 Å². The molecule has 2 atom stereocenters. The average molecular weight is 743 g/mol. The van der Waals surface area contributed by atoms with Crippen molar-refractivity contribution in [2.75, 3.05) is 37.0 Å². The number of ketones is 1. The van der Waals surface area contributed by atoms with E-state index < -0.39 is 46.7 Å². The van der Waals surface area contributed by atoms with E-state index in [1.807, 2.05) is 20.8 Å². The van der Waals surface area contributed by atoms with E-state index >= 15 is 8.78 Å². The summed E-state index contributed by atoms with van der Waals surface area (Å²) in [6, 6.07) is 2.21. The highest BCUT2D eigenvalue weighted by atomic mass is 32.1. The second-order valence-corrected chi connectivity index (χ2v) is 16.2. The maximum absolute atomic E-state index is 15.4. The summed E-state index contributed by atoms with van der Waals surface area (Å²) >= 11 is 0.755. The van der Waals surface area contributed by atoms with Gasteiger partial charge in [-0.15, -0.1) is 0 Å². The van der Waals surface area contributed by atoms with E-state index in [0.717, 1.165) is 67.1 Å². The molecule has 1 aliphatic heterocycles. The van der Waals surface area contributed by atoms with Gasteiger partial charge in [-0.05, 0) is 91.7 Å². The number of nitrogens with one attached hydrogen (secondary N) is 1. The number of anilines is 2. The summed E-state index contributed by atoms with van der Waals surface area (Å²) < 4.78 is 52.6.